The first-order chi connectivity index (χ1) is 13.7. The van der Waals surface area contributed by atoms with Gasteiger partial charge in [-0.3, -0.25) is 4.79 Å². The number of hydrogen-bond donors (Lipinski definition) is 0. The Morgan fingerprint density at radius 3 is 2.39 bits per heavy atom. The van der Waals surface area contributed by atoms with Crippen LogP contribution >= 0.6 is 11.8 Å². The van der Waals surface area contributed by atoms with E-state index in [0.29, 0.717) is 17.1 Å². The highest BCUT2D eigenvalue weighted by molar-refractivity contribution is 7.99. The minimum absolute atomic E-state index is 0.0311. The number of amides is 1. The summed E-state index contributed by atoms with van der Waals surface area (Å²) in [4.78, 5) is 15.1. The van der Waals surface area contributed by atoms with Gasteiger partial charge in [-0.05, 0) is 54.1 Å². The Bertz CT molecular complexity index is 954. The van der Waals surface area contributed by atoms with E-state index in [9.17, 15) is 4.79 Å². The third-order valence-corrected chi connectivity index (χ3v) is 6.12. The second kappa shape index (κ2) is 8.02. The number of aromatic nitrogens is 1. The monoisotopic (exact) mass is 394 g/mol. The summed E-state index contributed by atoms with van der Waals surface area (Å²) in [6.45, 7) is 0.724. The molecule has 1 fully saturated rings. The zero-order chi connectivity index (χ0) is 19.5. The first kappa shape index (κ1) is 18.5. The van der Waals surface area contributed by atoms with E-state index >= 15 is 0 Å². The van der Waals surface area contributed by atoms with Gasteiger partial charge in [0.25, 0.3) is 5.91 Å². The van der Waals surface area contributed by atoms with Crippen LogP contribution in [0.3, 0.4) is 0 Å². The number of hydrogen-bond acceptors (Lipinski definition) is 4. The molecule has 144 valence electrons. The molecule has 2 aromatic carbocycles. The van der Waals surface area contributed by atoms with E-state index in [1.165, 1.54) is 0 Å². The lowest BCUT2D eigenvalue weighted by atomic mass is 10.1. The van der Waals surface area contributed by atoms with Crippen LogP contribution in [0.4, 0.5) is 0 Å². The number of benzene rings is 2. The van der Waals surface area contributed by atoms with E-state index < -0.39 is 0 Å². The normalized spacial score (nSPS) is 16.2. The van der Waals surface area contributed by atoms with Gasteiger partial charge < -0.3 is 18.9 Å². The molecule has 3 aromatic rings. The van der Waals surface area contributed by atoms with Crippen LogP contribution in [0.2, 0.25) is 0 Å². The maximum Gasteiger partial charge on any atom is 0.255 e. The predicted molar refractivity (Wildman–Crippen MR) is 112 cm³/mol. The zero-order valence-corrected chi connectivity index (χ0v) is 16.7. The van der Waals surface area contributed by atoms with Crippen molar-refractivity contribution in [3.63, 3.8) is 0 Å². The van der Waals surface area contributed by atoms with Crippen molar-refractivity contribution in [3.05, 3.63) is 78.1 Å². The van der Waals surface area contributed by atoms with Gasteiger partial charge in [-0.1, -0.05) is 6.07 Å². The highest BCUT2D eigenvalue weighted by Gasteiger charge is 2.31. The summed E-state index contributed by atoms with van der Waals surface area (Å²) < 4.78 is 12.8. The van der Waals surface area contributed by atoms with Gasteiger partial charge in [0.2, 0.25) is 0 Å². The van der Waals surface area contributed by atoms with E-state index in [-0.39, 0.29) is 11.3 Å². The standard InChI is InChI=1S/C22H22N2O3S/c1-26-19-10-7-17(15-20(19)27-2)22-24(13-14-28-22)21(25)16-5-8-18(9-6-16)23-11-3-4-12-23/h3-12,15,22H,13-14H2,1-2H3. The Morgan fingerprint density at radius 1 is 1.00 bits per heavy atom. The van der Waals surface area contributed by atoms with E-state index in [1.54, 1.807) is 26.0 Å². The molecule has 4 rings (SSSR count). The van der Waals surface area contributed by atoms with E-state index in [4.69, 9.17) is 9.47 Å². The molecule has 0 N–H and O–H groups in total. The lowest BCUT2D eigenvalue weighted by molar-refractivity contribution is 0.0760. The fraction of sp³-hybridized carbons (Fsp3) is 0.227. The molecule has 28 heavy (non-hydrogen) atoms. The molecule has 5 nitrogen and oxygen atoms in total. The third-order valence-electron chi connectivity index (χ3n) is 4.86. The van der Waals surface area contributed by atoms with Gasteiger partial charge in [-0.25, -0.2) is 0 Å². The van der Waals surface area contributed by atoms with Crippen LogP contribution in [0.25, 0.3) is 5.69 Å². The van der Waals surface area contributed by atoms with Crippen molar-refractivity contribution >= 4 is 17.7 Å². The van der Waals surface area contributed by atoms with Gasteiger partial charge in [0.05, 0.1) is 14.2 Å². The van der Waals surface area contributed by atoms with Gasteiger partial charge in [0.15, 0.2) is 11.5 Å². The highest BCUT2D eigenvalue weighted by atomic mass is 32.2. The van der Waals surface area contributed by atoms with Gasteiger partial charge in [-0.15, -0.1) is 11.8 Å². The molecular weight excluding hydrogens is 372 g/mol. The minimum Gasteiger partial charge on any atom is -0.493 e. The summed E-state index contributed by atoms with van der Waals surface area (Å²) in [5, 5.41) is -0.0311. The lowest BCUT2D eigenvalue weighted by Crippen LogP contribution is -2.30. The maximum atomic E-state index is 13.2. The topological polar surface area (TPSA) is 43.7 Å². The quantitative estimate of drug-likeness (QED) is 0.644. The second-order valence-electron chi connectivity index (χ2n) is 6.47. The summed E-state index contributed by atoms with van der Waals surface area (Å²) in [6, 6.07) is 17.5. The van der Waals surface area contributed by atoms with Crippen molar-refractivity contribution in [2.45, 2.75) is 5.37 Å². The molecule has 0 saturated carbocycles. The molecule has 1 atom stereocenters. The van der Waals surface area contributed by atoms with Crippen molar-refractivity contribution < 1.29 is 14.3 Å². The number of nitrogens with zero attached hydrogens (tertiary/aromatic N) is 2. The molecule has 1 aliphatic rings. The average molecular weight is 394 g/mol. The van der Waals surface area contributed by atoms with Crippen molar-refractivity contribution in [2.75, 3.05) is 26.5 Å². The van der Waals surface area contributed by atoms with Gasteiger partial charge in [0, 0.05) is 35.9 Å². The van der Waals surface area contributed by atoms with Crippen LogP contribution in [-0.2, 0) is 0 Å². The van der Waals surface area contributed by atoms with Crippen LogP contribution in [0.15, 0.2) is 67.0 Å². The van der Waals surface area contributed by atoms with E-state index in [1.807, 2.05) is 76.5 Å². The molecule has 1 saturated heterocycles. The molecule has 0 bridgehead atoms. The number of thioether (sulfide) groups is 1. The number of ether oxygens (including phenoxy) is 2. The van der Waals surface area contributed by atoms with Crippen LogP contribution in [0.1, 0.15) is 21.3 Å². The number of carbonyl (C=O) groups is 1. The van der Waals surface area contributed by atoms with E-state index in [0.717, 1.165) is 23.5 Å². The van der Waals surface area contributed by atoms with Crippen molar-refractivity contribution in [1.29, 1.82) is 0 Å². The van der Waals surface area contributed by atoms with Gasteiger partial charge >= 0.3 is 0 Å². The van der Waals surface area contributed by atoms with Gasteiger partial charge in [-0.2, -0.15) is 0 Å². The summed E-state index contributed by atoms with van der Waals surface area (Å²) in [6.07, 6.45) is 3.97. The summed E-state index contributed by atoms with van der Waals surface area (Å²) in [7, 11) is 3.24. The Labute approximate surface area is 168 Å². The molecular formula is C22H22N2O3S. The molecule has 1 aromatic heterocycles. The lowest BCUT2D eigenvalue weighted by Gasteiger charge is -2.25. The summed E-state index contributed by atoms with van der Waals surface area (Å²) in [5.74, 6) is 2.32. The molecule has 0 spiro atoms. The fourth-order valence-electron chi connectivity index (χ4n) is 3.41. The zero-order valence-electron chi connectivity index (χ0n) is 15.9. The van der Waals surface area contributed by atoms with Crippen LogP contribution in [0, 0.1) is 0 Å². The molecule has 1 unspecified atom stereocenters. The second-order valence-corrected chi connectivity index (χ2v) is 7.66. The SMILES string of the molecule is COc1ccc(C2SCCN2C(=O)c2ccc(-n3cccc3)cc2)cc1OC. The molecule has 1 aliphatic heterocycles. The predicted octanol–water partition coefficient (Wildman–Crippen LogP) is 4.38. The van der Waals surface area contributed by atoms with Crippen LogP contribution in [0.5, 0.6) is 11.5 Å². The van der Waals surface area contributed by atoms with Crippen LogP contribution < -0.4 is 9.47 Å². The number of rotatable bonds is 5. The summed E-state index contributed by atoms with van der Waals surface area (Å²) >= 11 is 1.76. The largest absolute Gasteiger partial charge is 0.493 e. The molecule has 6 heteroatoms. The average Bonchev–Trinajstić information content (AvgIpc) is 3.45. The summed E-state index contributed by atoms with van der Waals surface area (Å²) in [5.41, 5.74) is 2.77. The number of methoxy groups -OCH3 is 2. The Morgan fingerprint density at radius 2 is 1.71 bits per heavy atom. The molecule has 2 heterocycles. The smallest absolute Gasteiger partial charge is 0.255 e. The Balaban J connectivity index is 1.57. The third kappa shape index (κ3) is 3.47. The van der Waals surface area contributed by atoms with Crippen molar-refractivity contribution in [3.8, 4) is 17.2 Å². The van der Waals surface area contributed by atoms with Crippen molar-refractivity contribution in [1.82, 2.24) is 9.47 Å². The first-order valence-corrected chi connectivity index (χ1v) is 10.1. The Kier molecular flexibility index (Phi) is 5.30. The molecule has 1 amide bonds. The first-order valence-electron chi connectivity index (χ1n) is 9.09. The van der Waals surface area contributed by atoms with Gasteiger partial charge in [0.1, 0.15) is 5.37 Å². The Hall–Kier alpha value is -2.86. The van der Waals surface area contributed by atoms with Crippen molar-refractivity contribution in [2.24, 2.45) is 0 Å². The maximum absolute atomic E-state index is 13.2. The van der Waals surface area contributed by atoms with Crippen LogP contribution in [-0.4, -0.2) is 41.9 Å². The van der Waals surface area contributed by atoms with E-state index in [2.05, 4.69) is 0 Å². The number of carbonyl (C=O) groups excluding carboxylic acids is 1. The minimum atomic E-state index is -0.0311. The molecule has 0 radical (unpaired) electrons. The highest BCUT2D eigenvalue weighted by Crippen LogP contribution is 2.41. The fourth-order valence-corrected chi connectivity index (χ4v) is 4.65. The molecule has 0 aliphatic carbocycles.